The average Bonchev–Trinajstić information content (AvgIpc) is 2.45. The predicted octanol–water partition coefficient (Wildman–Crippen LogP) is 3.24. The number of aryl methyl sites for hydroxylation is 1. The molecule has 0 aliphatic heterocycles. The van der Waals surface area contributed by atoms with Gasteiger partial charge < -0.3 is 10.8 Å². The highest BCUT2D eigenvalue weighted by molar-refractivity contribution is 5.31. The molecule has 0 aliphatic rings. The summed E-state index contributed by atoms with van der Waals surface area (Å²) in [6, 6.07) is 16.1. The van der Waals surface area contributed by atoms with E-state index in [9.17, 15) is 5.11 Å². The van der Waals surface area contributed by atoms with Crippen molar-refractivity contribution < 1.29 is 5.11 Å². The van der Waals surface area contributed by atoms with Crippen molar-refractivity contribution in [3.05, 3.63) is 65.2 Å². The molecule has 2 rings (SSSR count). The van der Waals surface area contributed by atoms with Crippen LogP contribution < -0.4 is 5.73 Å². The summed E-state index contributed by atoms with van der Waals surface area (Å²) in [5.74, 6) is 0.613. The number of aromatic hydroxyl groups is 1. The van der Waals surface area contributed by atoms with Crippen molar-refractivity contribution in [2.45, 2.75) is 25.7 Å². The van der Waals surface area contributed by atoms with Gasteiger partial charge in [-0.05, 0) is 48.2 Å². The maximum Gasteiger partial charge on any atom is 0.115 e. The minimum atomic E-state index is 0.299. The molecule has 0 saturated carbocycles. The van der Waals surface area contributed by atoms with Crippen molar-refractivity contribution in [2.75, 3.05) is 6.54 Å². The molecule has 3 N–H and O–H groups in total. The molecule has 1 atom stereocenters. The number of nitrogens with two attached hydrogens (primary N) is 1. The van der Waals surface area contributed by atoms with E-state index in [1.807, 2.05) is 18.2 Å². The summed E-state index contributed by atoms with van der Waals surface area (Å²) >= 11 is 0. The highest BCUT2D eigenvalue weighted by atomic mass is 16.3. The van der Waals surface area contributed by atoms with Gasteiger partial charge in [-0.1, -0.05) is 43.3 Å². The fourth-order valence-corrected chi connectivity index (χ4v) is 2.33. The summed E-state index contributed by atoms with van der Waals surface area (Å²) < 4.78 is 0. The molecular formula is C17H21NO. The van der Waals surface area contributed by atoms with Gasteiger partial charge in [0.2, 0.25) is 0 Å². The van der Waals surface area contributed by atoms with E-state index in [1.165, 1.54) is 11.1 Å². The molecule has 2 heteroatoms. The van der Waals surface area contributed by atoms with Crippen LogP contribution in [0.4, 0.5) is 0 Å². The zero-order valence-corrected chi connectivity index (χ0v) is 11.3. The van der Waals surface area contributed by atoms with Gasteiger partial charge in [0.15, 0.2) is 0 Å². The smallest absolute Gasteiger partial charge is 0.115 e. The standard InChI is InChI=1S/C17H21NO/c1-2-13-6-8-15(9-7-13)16(12-18)10-14-4-3-5-17(19)11-14/h3-9,11,16,19H,2,10,12,18H2,1H3. The number of rotatable bonds is 5. The van der Waals surface area contributed by atoms with Crippen LogP contribution in [0, 0.1) is 0 Å². The van der Waals surface area contributed by atoms with Crippen molar-refractivity contribution in [1.29, 1.82) is 0 Å². The molecule has 0 saturated heterocycles. The Morgan fingerprint density at radius 1 is 1.05 bits per heavy atom. The van der Waals surface area contributed by atoms with E-state index < -0.39 is 0 Å². The second-order valence-corrected chi connectivity index (χ2v) is 4.90. The first kappa shape index (κ1) is 13.6. The first-order valence-corrected chi connectivity index (χ1v) is 6.79. The van der Waals surface area contributed by atoms with Gasteiger partial charge in [-0.15, -0.1) is 0 Å². The quantitative estimate of drug-likeness (QED) is 0.861. The van der Waals surface area contributed by atoms with E-state index in [-0.39, 0.29) is 0 Å². The maximum atomic E-state index is 9.51. The lowest BCUT2D eigenvalue weighted by Gasteiger charge is -2.16. The number of hydrogen-bond donors (Lipinski definition) is 2. The van der Waals surface area contributed by atoms with Gasteiger partial charge >= 0.3 is 0 Å². The molecule has 1 unspecified atom stereocenters. The molecule has 2 aromatic carbocycles. The lowest BCUT2D eigenvalue weighted by Crippen LogP contribution is -2.15. The molecule has 0 spiro atoms. The third-order valence-corrected chi connectivity index (χ3v) is 3.54. The van der Waals surface area contributed by atoms with Crippen molar-refractivity contribution in [2.24, 2.45) is 5.73 Å². The largest absolute Gasteiger partial charge is 0.508 e. The van der Waals surface area contributed by atoms with Gasteiger partial charge in [0.1, 0.15) is 5.75 Å². The minimum absolute atomic E-state index is 0.299. The molecule has 100 valence electrons. The molecule has 0 aromatic heterocycles. The third-order valence-electron chi connectivity index (χ3n) is 3.54. The summed E-state index contributed by atoms with van der Waals surface area (Å²) in [5.41, 5.74) is 9.63. The number of phenolic OH excluding ortho intramolecular Hbond substituents is 1. The van der Waals surface area contributed by atoms with Crippen LogP contribution in [0.15, 0.2) is 48.5 Å². The third kappa shape index (κ3) is 3.58. The van der Waals surface area contributed by atoms with E-state index in [1.54, 1.807) is 6.07 Å². The van der Waals surface area contributed by atoms with Gasteiger partial charge in [-0.3, -0.25) is 0 Å². The van der Waals surface area contributed by atoms with Crippen LogP contribution in [-0.2, 0) is 12.8 Å². The van der Waals surface area contributed by atoms with Crippen molar-refractivity contribution in [1.82, 2.24) is 0 Å². The summed E-state index contributed by atoms with van der Waals surface area (Å²) in [5, 5.41) is 9.51. The topological polar surface area (TPSA) is 46.2 Å². The first-order chi connectivity index (χ1) is 9.22. The molecule has 0 aliphatic carbocycles. The van der Waals surface area contributed by atoms with Crippen molar-refractivity contribution >= 4 is 0 Å². The van der Waals surface area contributed by atoms with Crippen molar-refractivity contribution in [3.8, 4) is 5.75 Å². The molecule has 0 bridgehead atoms. The SMILES string of the molecule is CCc1ccc(C(CN)Cc2cccc(O)c2)cc1. The Balaban J connectivity index is 2.15. The first-order valence-electron chi connectivity index (χ1n) is 6.79. The molecule has 0 fully saturated rings. The van der Waals surface area contributed by atoms with E-state index in [0.29, 0.717) is 18.2 Å². The zero-order valence-electron chi connectivity index (χ0n) is 11.3. The molecule has 19 heavy (non-hydrogen) atoms. The lowest BCUT2D eigenvalue weighted by molar-refractivity contribution is 0.474. The van der Waals surface area contributed by atoms with Crippen LogP contribution in [-0.4, -0.2) is 11.7 Å². The van der Waals surface area contributed by atoms with E-state index in [2.05, 4.69) is 31.2 Å². The predicted molar refractivity (Wildman–Crippen MR) is 79.4 cm³/mol. The fraction of sp³-hybridized carbons (Fsp3) is 0.294. The maximum absolute atomic E-state index is 9.51. The zero-order chi connectivity index (χ0) is 13.7. The Bertz CT molecular complexity index is 519. The Hall–Kier alpha value is -1.80. The molecular weight excluding hydrogens is 234 g/mol. The van der Waals surface area contributed by atoms with Crippen LogP contribution in [0.5, 0.6) is 5.75 Å². The molecule has 0 radical (unpaired) electrons. The second kappa shape index (κ2) is 6.39. The fourth-order valence-electron chi connectivity index (χ4n) is 2.33. The average molecular weight is 255 g/mol. The van der Waals surface area contributed by atoms with Gasteiger partial charge in [0, 0.05) is 5.92 Å². The van der Waals surface area contributed by atoms with E-state index in [4.69, 9.17) is 5.73 Å². The number of benzene rings is 2. The summed E-state index contributed by atoms with van der Waals surface area (Å²) in [7, 11) is 0. The van der Waals surface area contributed by atoms with Crippen molar-refractivity contribution in [3.63, 3.8) is 0 Å². The van der Waals surface area contributed by atoms with Crippen LogP contribution in [0.2, 0.25) is 0 Å². The van der Waals surface area contributed by atoms with Crippen LogP contribution in [0.3, 0.4) is 0 Å². The Morgan fingerprint density at radius 2 is 1.79 bits per heavy atom. The monoisotopic (exact) mass is 255 g/mol. The summed E-state index contributed by atoms with van der Waals surface area (Å²) in [6.07, 6.45) is 1.91. The molecule has 0 amide bonds. The molecule has 0 heterocycles. The van der Waals surface area contributed by atoms with E-state index in [0.717, 1.165) is 18.4 Å². The Kier molecular flexibility index (Phi) is 4.58. The number of hydrogen-bond acceptors (Lipinski definition) is 2. The van der Waals surface area contributed by atoms with Crippen LogP contribution in [0.25, 0.3) is 0 Å². The molecule has 2 nitrogen and oxygen atoms in total. The van der Waals surface area contributed by atoms with Gasteiger partial charge in [0.05, 0.1) is 0 Å². The highest BCUT2D eigenvalue weighted by Crippen LogP contribution is 2.22. The van der Waals surface area contributed by atoms with Crippen LogP contribution in [0.1, 0.15) is 29.5 Å². The van der Waals surface area contributed by atoms with Crippen LogP contribution >= 0.6 is 0 Å². The minimum Gasteiger partial charge on any atom is -0.508 e. The molecule has 2 aromatic rings. The van der Waals surface area contributed by atoms with Gasteiger partial charge in [-0.25, -0.2) is 0 Å². The van der Waals surface area contributed by atoms with Gasteiger partial charge in [0.25, 0.3) is 0 Å². The lowest BCUT2D eigenvalue weighted by atomic mass is 9.91. The Morgan fingerprint density at radius 3 is 2.37 bits per heavy atom. The highest BCUT2D eigenvalue weighted by Gasteiger charge is 2.11. The summed E-state index contributed by atoms with van der Waals surface area (Å²) in [4.78, 5) is 0. The second-order valence-electron chi connectivity index (χ2n) is 4.90. The normalized spacial score (nSPS) is 12.3. The number of phenols is 1. The summed E-state index contributed by atoms with van der Waals surface area (Å²) in [6.45, 7) is 2.77. The Labute approximate surface area is 114 Å². The van der Waals surface area contributed by atoms with Gasteiger partial charge in [-0.2, -0.15) is 0 Å². The van der Waals surface area contributed by atoms with E-state index >= 15 is 0 Å².